The summed E-state index contributed by atoms with van der Waals surface area (Å²) in [6.45, 7) is 0. The van der Waals surface area contributed by atoms with Crippen LogP contribution in [0.1, 0.15) is 0 Å². The van der Waals surface area contributed by atoms with Gasteiger partial charge in [0.15, 0.2) is 0 Å². The maximum atomic E-state index is 11.4. The minimum atomic E-state index is -4.38. The van der Waals surface area contributed by atoms with Gasteiger partial charge in [-0.15, -0.1) is 14.5 Å². The van der Waals surface area contributed by atoms with E-state index in [0.717, 1.165) is 33.6 Å². The first-order chi connectivity index (χ1) is 15.5. The molecule has 0 radical (unpaired) electrons. The second-order valence-electron chi connectivity index (χ2n) is 5.61. The minimum Gasteiger partial charge on any atom is -0.282 e. The van der Waals surface area contributed by atoms with Crippen molar-refractivity contribution in [3.8, 4) is 11.4 Å². The maximum absolute atomic E-state index is 11.4. The minimum absolute atomic E-state index is 0.286. The summed E-state index contributed by atoms with van der Waals surface area (Å²) in [5, 5.41) is 35.7. The van der Waals surface area contributed by atoms with Gasteiger partial charge in [-0.3, -0.25) is 4.55 Å². The van der Waals surface area contributed by atoms with E-state index in [-0.39, 0.29) is 4.90 Å². The Hall–Kier alpha value is -2.58. The van der Waals surface area contributed by atoms with E-state index in [1.165, 1.54) is 27.6 Å². The fourth-order valence-electron chi connectivity index (χ4n) is 2.36. The molecule has 2 aromatic carbocycles. The zero-order valence-electron chi connectivity index (χ0n) is 15.4. The summed E-state index contributed by atoms with van der Waals surface area (Å²) in [6, 6.07) is 12.5. The second-order valence-corrected chi connectivity index (χ2v) is 9.87. The molecular formula is C14H10N8O6S4. The van der Waals surface area contributed by atoms with E-state index < -0.39 is 10.1 Å². The van der Waals surface area contributed by atoms with Crippen LogP contribution in [0.5, 0.6) is 0 Å². The molecule has 2 heterocycles. The molecule has 2 aromatic heterocycles. The monoisotopic (exact) mass is 514 g/mol. The Labute approximate surface area is 191 Å². The first-order valence-electron chi connectivity index (χ1n) is 8.20. The third-order valence-corrected chi connectivity index (χ3v) is 7.12. The SMILES string of the molecule is O=S(=O)(O)c1cccc(-n2nnnc2SSc2nnnn2-c2cccc(SOOO)c2)c1. The topological polar surface area (TPSA) is 180 Å². The van der Waals surface area contributed by atoms with Crippen LogP contribution in [-0.4, -0.2) is 58.6 Å². The summed E-state index contributed by atoms with van der Waals surface area (Å²) in [5.41, 5.74) is 0.953. The van der Waals surface area contributed by atoms with Gasteiger partial charge in [-0.1, -0.05) is 17.2 Å². The van der Waals surface area contributed by atoms with E-state index in [1.54, 1.807) is 30.3 Å². The van der Waals surface area contributed by atoms with Crippen molar-refractivity contribution in [3.05, 3.63) is 48.5 Å². The van der Waals surface area contributed by atoms with Gasteiger partial charge < -0.3 is 0 Å². The molecule has 0 saturated carbocycles. The van der Waals surface area contributed by atoms with Crippen molar-refractivity contribution in [2.45, 2.75) is 20.1 Å². The number of tetrazole rings is 2. The van der Waals surface area contributed by atoms with Gasteiger partial charge in [-0.2, -0.15) is 17.8 Å². The zero-order valence-corrected chi connectivity index (χ0v) is 18.6. The highest BCUT2D eigenvalue weighted by Crippen LogP contribution is 2.36. The van der Waals surface area contributed by atoms with Crippen LogP contribution in [0.15, 0.2) is 68.6 Å². The maximum Gasteiger partial charge on any atom is 0.294 e. The molecule has 0 aliphatic carbocycles. The van der Waals surface area contributed by atoms with Gasteiger partial charge in [0.25, 0.3) is 10.1 Å². The van der Waals surface area contributed by atoms with Crippen molar-refractivity contribution in [1.29, 1.82) is 0 Å². The van der Waals surface area contributed by atoms with Crippen molar-refractivity contribution in [1.82, 2.24) is 40.4 Å². The van der Waals surface area contributed by atoms with Gasteiger partial charge in [0.1, 0.15) is 0 Å². The molecule has 18 heteroatoms. The van der Waals surface area contributed by atoms with Crippen molar-refractivity contribution >= 4 is 43.7 Å². The largest absolute Gasteiger partial charge is 0.294 e. The van der Waals surface area contributed by atoms with Crippen molar-refractivity contribution in [2.75, 3.05) is 0 Å². The number of hydrogen-bond donors (Lipinski definition) is 2. The predicted octanol–water partition coefficient (Wildman–Crippen LogP) is 2.11. The van der Waals surface area contributed by atoms with Crippen LogP contribution in [0.3, 0.4) is 0 Å². The number of nitrogens with zero attached hydrogens (tertiary/aromatic N) is 8. The van der Waals surface area contributed by atoms with E-state index in [9.17, 15) is 13.0 Å². The third kappa shape index (κ3) is 5.24. The number of benzene rings is 2. The van der Waals surface area contributed by atoms with Crippen LogP contribution < -0.4 is 0 Å². The molecule has 0 bridgehead atoms. The lowest BCUT2D eigenvalue weighted by Gasteiger charge is -2.06. The van der Waals surface area contributed by atoms with Crippen LogP contribution in [0.25, 0.3) is 11.4 Å². The lowest BCUT2D eigenvalue weighted by atomic mass is 10.3. The van der Waals surface area contributed by atoms with E-state index in [1.807, 2.05) is 0 Å². The number of hydrogen-bond acceptors (Lipinski definition) is 14. The second kappa shape index (κ2) is 9.92. The summed E-state index contributed by atoms with van der Waals surface area (Å²) in [6.07, 6.45) is 0. The molecule has 0 saturated heterocycles. The van der Waals surface area contributed by atoms with Crippen molar-refractivity contribution in [3.63, 3.8) is 0 Å². The van der Waals surface area contributed by atoms with Gasteiger partial charge >= 0.3 is 0 Å². The molecule has 4 aromatic rings. The first-order valence-corrected chi connectivity index (χ1v) is 12.5. The van der Waals surface area contributed by atoms with Crippen LogP contribution in [0.4, 0.5) is 0 Å². The summed E-state index contributed by atoms with van der Waals surface area (Å²) >= 11 is 0.795. The highest BCUT2D eigenvalue weighted by molar-refractivity contribution is 8.76. The fourth-order valence-corrected chi connectivity index (χ4v) is 5.07. The standard InChI is InChI=1S/C14H10N8O6S4/c23-27-28-29-11-5-1-3-9(7-11)21-13(15-17-19-21)30-31-14-16-18-20-22(14)10-4-2-6-12(8-10)32(24,25)26/h1-8,23H,(H,24,25,26). The van der Waals surface area contributed by atoms with E-state index >= 15 is 0 Å². The van der Waals surface area contributed by atoms with Gasteiger partial charge in [-0.05, 0) is 78.8 Å². The quantitative estimate of drug-likeness (QED) is 0.109. The molecule has 0 amide bonds. The van der Waals surface area contributed by atoms with Crippen molar-refractivity contribution in [2.24, 2.45) is 0 Å². The van der Waals surface area contributed by atoms with E-state index in [4.69, 9.17) is 5.26 Å². The van der Waals surface area contributed by atoms with E-state index in [2.05, 4.69) is 40.4 Å². The summed E-state index contributed by atoms with van der Waals surface area (Å²) in [5.74, 6) is 0. The lowest BCUT2D eigenvalue weighted by molar-refractivity contribution is -0.432. The van der Waals surface area contributed by atoms with Crippen LogP contribution >= 0.6 is 33.6 Å². The van der Waals surface area contributed by atoms with Crippen molar-refractivity contribution < 1.29 is 27.6 Å². The first kappa shape index (κ1) is 22.6. The normalized spacial score (nSPS) is 11.7. The zero-order chi connectivity index (χ0) is 22.6. The number of rotatable bonds is 9. The summed E-state index contributed by atoms with van der Waals surface area (Å²) < 4.78 is 39.3. The number of aromatic nitrogens is 8. The molecule has 0 unspecified atom stereocenters. The van der Waals surface area contributed by atoms with E-state index in [0.29, 0.717) is 26.6 Å². The highest BCUT2D eigenvalue weighted by Gasteiger charge is 2.17. The molecule has 0 aliphatic heterocycles. The average Bonchev–Trinajstić information content (AvgIpc) is 3.45. The summed E-state index contributed by atoms with van der Waals surface area (Å²) in [4.78, 5) is 0.338. The Bertz CT molecular complexity index is 1330. The molecule has 32 heavy (non-hydrogen) atoms. The molecule has 0 spiro atoms. The molecule has 0 atom stereocenters. The lowest BCUT2D eigenvalue weighted by Crippen LogP contribution is -2.03. The molecule has 0 aliphatic rings. The van der Waals surface area contributed by atoms with Gasteiger partial charge in [0, 0.05) is 4.90 Å². The van der Waals surface area contributed by atoms with Gasteiger partial charge in [0.05, 0.1) is 28.3 Å². The Morgan fingerprint density at radius 1 is 0.875 bits per heavy atom. The predicted molar refractivity (Wildman–Crippen MR) is 110 cm³/mol. The smallest absolute Gasteiger partial charge is 0.282 e. The summed E-state index contributed by atoms with van der Waals surface area (Å²) in [7, 11) is -2.09. The highest BCUT2D eigenvalue weighted by atomic mass is 33.1. The third-order valence-electron chi connectivity index (χ3n) is 3.66. The molecular weight excluding hydrogens is 504 g/mol. The van der Waals surface area contributed by atoms with Crippen LogP contribution in [0.2, 0.25) is 0 Å². The Kier molecular flexibility index (Phi) is 7.01. The Balaban J connectivity index is 1.54. The molecule has 2 N–H and O–H groups in total. The average molecular weight is 515 g/mol. The molecule has 14 nitrogen and oxygen atoms in total. The van der Waals surface area contributed by atoms with Crippen LogP contribution in [-0.2, 0) is 19.5 Å². The van der Waals surface area contributed by atoms with Gasteiger partial charge in [0.2, 0.25) is 10.3 Å². The Morgan fingerprint density at radius 2 is 1.47 bits per heavy atom. The van der Waals surface area contributed by atoms with Crippen LogP contribution in [0, 0.1) is 0 Å². The molecule has 0 fully saturated rings. The molecule has 166 valence electrons. The van der Waals surface area contributed by atoms with Gasteiger partial charge in [-0.25, -0.2) is 5.26 Å². The molecule has 4 rings (SSSR count). The fraction of sp³-hybridized carbons (Fsp3) is 0. The Morgan fingerprint density at radius 3 is 2.06 bits per heavy atom.